The topological polar surface area (TPSA) is 130 Å². The van der Waals surface area contributed by atoms with Gasteiger partial charge in [0.1, 0.15) is 23.6 Å². The van der Waals surface area contributed by atoms with Crippen LogP contribution in [0.5, 0.6) is 0 Å². The van der Waals surface area contributed by atoms with Crippen LogP contribution in [0.25, 0.3) is 16.6 Å². The lowest BCUT2D eigenvalue weighted by molar-refractivity contribution is -0.385. The van der Waals surface area contributed by atoms with Gasteiger partial charge in [-0.05, 0) is 6.07 Å². The van der Waals surface area contributed by atoms with Crippen LogP contribution in [0.3, 0.4) is 0 Å². The third-order valence-corrected chi connectivity index (χ3v) is 2.67. The fraction of sp³-hybridized carbons (Fsp3) is 0. The van der Waals surface area contributed by atoms with E-state index in [1.54, 1.807) is 6.07 Å². The van der Waals surface area contributed by atoms with Crippen molar-refractivity contribution < 1.29 is 4.92 Å². The number of nitrogens with one attached hydrogen (secondary N) is 1. The van der Waals surface area contributed by atoms with E-state index in [0.717, 1.165) is 10.6 Å². The third-order valence-electron chi connectivity index (χ3n) is 2.67. The zero-order valence-corrected chi connectivity index (χ0v) is 9.19. The van der Waals surface area contributed by atoms with E-state index in [9.17, 15) is 14.9 Å². The van der Waals surface area contributed by atoms with Crippen molar-refractivity contribution >= 4 is 22.2 Å². The molecule has 0 amide bonds. The molecule has 0 spiro atoms. The number of rotatable bonds is 1. The maximum atomic E-state index is 11.6. The predicted molar refractivity (Wildman–Crippen MR) is 62.5 cm³/mol. The molecular formula is C10H4N6O3. The van der Waals surface area contributed by atoms with Gasteiger partial charge in [-0.3, -0.25) is 10.1 Å². The molecule has 0 radical (unpaired) electrons. The van der Waals surface area contributed by atoms with Gasteiger partial charge in [0.05, 0.1) is 10.4 Å². The van der Waals surface area contributed by atoms with Crippen LogP contribution in [-0.4, -0.2) is 24.5 Å². The van der Waals surface area contributed by atoms with Crippen LogP contribution in [0.15, 0.2) is 23.3 Å². The number of fused-ring (bicyclic) bond motifs is 3. The molecule has 19 heavy (non-hydrogen) atoms. The average Bonchev–Trinajstić information content (AvgIpc) is 2.87. The minimum Gasteiger partial charge on any atom is -0.329 e. The lowest BCUT2D eigenvalue weighted by Crippen LogP contribution is -2.17. The second-order valence-corrected chi connectivity index (χ2v) is 3.70. The van der Waals surface area contributed by atoms with E-state index in [-0.39, 0.29) is 16.8 Å². The van der Waals surface area contributed by atoms with Crippen molar-refractivity contribution in [1.29, 1.82) is 5.26 Å². The molecule has 0 aliphatic heterocycles. The molecule has 0 fully saturated rings. The van der Waals surface area contributed by atoms with Crippen LogP contribution in [-0.2, 0) is 0 Å². The number of nitrogens with zero attached hydrogens (tertiary/aromatic N) is 5. The molecule has 0 atom stereocenters. The molecule has 0 aliphatic carbocycles. The Morgan fingerprint density at radius 1 is 1.47 bits per heavy atom. The standard InChI is InChI=1S/C10H4N6O3/c11-3-5-1-6-7(2-8(5)16(18)19)14-10(17)15-9(6)12-4-13-15/h1-2,4H,(H,12,13). The number of nitro benzene ring substituents is 1. The molecule has 3 aromatic rings. The first-order chi connectivity index (χ1) is 9.11. The molecule has 0 saturated carbocycles. The Morgan fingerprint density at radius 2 is 2.26 bits per heavy atom. The van der Waals surface area contributed by atoms with Gasteiger partial charge in [0, 0.05) is 11.5 Å². The minimum atomic E-state index is -0.686. The SMILES string of the molecule is N#Cc1cc2c(cc1[N+](=O)[O-])nc(=O)n1nc[nH]c21. The summed E-state index contributed by atoms with van der Waals surface area (Å²) in [5.74, 6) is 0. The van der Waals surface area contributed by atoms with Gasteiger partial charge in [-0.1, -0.05) is 0 Å². The molecule has 2 heterocycles. The average molecular weight is 256 g/mol. The lowest BCUT2D eigenvalue weighted by atomic mass is 10.1. The van der Waals surface area contributed by atoms with Crippen molar-refractivity contribution in [3.63, 3.8) is 0 Å². The Balaban J connectivity index is 2.56. The van der Waals surface area contributed by atoms with E-state index >= 15 is 0 Å². The van der Waals surface area contributed by atoms with Gasteiger partial charge in [-0.2, -0.15) is 19.9 Å². The van der Waals surface area contributed by atoms with Crippen LogP contribution < -0.4 is 5.69 Å². The number of aromatic nitrogens is 4. The predicted octanol–water partition coefficient (Wildman–Crippen LogP) is 0.351. The number of H-pyrrole nitrogens is 1. The Bertz CT molecular complexity index is 932. The zero-order valence-electron chi connectivity index (χ0n) is 9.19. The second-order valence-electron chi connectivity index (χ2n) is 3.70. The van der Waals surface area contributed by atoms with Crippen molar-refractivity contribution in [2.75, 3.05) is 0 Å². The first-order valence-electron chi connectivity index (χ1n) is 5.06. The highest BCUT2D eigenvalue weighted by molar-refractivity contribution is 5.93. The van der Waals surface area contributed by atoms with Gasteiger partial charge in [0.15, 0.2) is 0 Å². The van der Waals surface area contributed by atoms with Crippen LogP contribution in [0, 0.1) is 21.4 Å². The Labute approximate surface area is 103 Å². The van der Waals surface area contributed by atoms with E-state index in [0.29, 0.717) is 11.0 Å². The number of hydrogen-bond donors (Lipinski definition) is 1. The summed E-state index contributed by atoms with van der Waals surface area (Å²) < 4.78 is 1.02. The summed E-state index contributed by atoms with van der Waals surface area (Å²) in [7, 11) is 0. The molecule has 0 unspecified atom stereocenters. The number of nitriles is 1. The van der Waals surface area contributed by atoms with Gasteiger partial charge in [-0.25, -0.2) is 4.79 Å². The summed E-state index contributed by atoms with van der Waals surface area (Å²) in [5.41, 5.74) is -0.663. The van der Waals surface area contributed by atoms with Crippen molar-refractivity contribution in [2.24, 2.45) is 0 Å². The van der Waals surface area contributed by atoms with Crippen LogP contribution in [0.1, 0.15) is 5.56 Å². The number of nitro groups is 1. The Hall–Kier alpha value is -3.28. The Kier molecular flexibility index (Phi) is 2.06. The molecular weight excluding hydrogens is 252 g/mol. The van der Waals surface area contributed by atoms with Crippen LogP contribution in [0.2, 0.25) is 0 Å². The molecule has 0 bridgehead atoms. The fourth-order valence-electron chi connectivity index (χ4n) is 1.85. The van der Waals surface area contributed by atoms with E-state index in [4.69, 9.17) is 5.26 Å². The lowest BCUT2D eigenvalue weighted by Gasteiger charge is -2.00. The molecule has 0 saturated heterocycles. The van der Waals surface area contributed by atoms with Crippen LogP contribution >= 0.6 is 0 Å². The smallest absolute Gasteiger partial charge is 0.329 e. The number of aromatic amines is 1. The molecule has 0 aliphatic rings. The van der Waals surface area contributed by atoms with Gasteiger partial charge in [-0.15, -0.1) is 0 Å². The molecule has 9 nitrogen and oxygen atoms in total. The highest BCUT2D eigenvalue weighted by atomic mass is 16.6. The molecule has 92 valence electrons. The van der Waals surface area contributed by atoms with Crippen molar-refractivity contribution in [1.82, 2.24) is 19.6 Å². The van der Waals surface area contributed by atoms with Gasteiger partial charge >= 0.3 is 5.69 Å². The fourth-order valence-corrected chi connectivity index (χ4v) is 1.85. The van der Waals surface area contributed by atoms with Crippen molar-refractivity contribution in [2.45, 2.75) is 0 Å². The van der Waals surface area contributed by atoms with Crippen LogP contribution in [0.4, 0.5) is 5.69 Å². The zero-order chi connectivity index (χ0) is 13.6. The van der Waals surface area contributed by atoms with E-state index in [1.165, 1.54) is 12.4 Å². The van der Waals surface area contributed by atoms with Gasteiger partial charge in [0.2, 0.25) is 0 Å². The summed E-state index contributed by atoms with van der Waals surface area (Å²) in [6.07, 6.45) is 1.30. The maximum Gasteiger partial charge on any atom is 0.370 e. The normalized spacial score (nSPS) is 10.7. The quantitative estimate of drug-likeness (QED) is 0.493. The summed E-state index contributed by atoms with van der Waals surface area (Å²) in [6.45, 7) is 0. The summed E-state index contributed by atoms with van der Waals surface area (Å²) in [6, 6.07) is 4.17. The van der Waals surface area contributed by atoms with Gasteiger partial charge in [0.25, 0.3) is 5.69 Å². The maximum absolute atomic E-state index is 11.6. The molecule has 9 heteroatoms. The highest BCUT2D eigenvalue weighted by Gasteiger charge is 2.18. The molecule has 1 N–H and O–H groups in total. The van der Waals surface area contributed by atoms with E-state index < -0.39 is 10.6 Å². The summed E-state index contributed by atoms with van der Waals surface area (Å²) in [4.78, 5) is 28.2. The largest absolute Gasteiger partial charge is 0.370 e. The molecule has 3 rings (SSSR count). The Morgan fingerprint density at radius 3 is 2.95 bits per heavy atom. The summed E-state index contributed by atoms with van der Waals surface area (Å²) in [5, 5.41) is 23.9. The number of hydrogen-bond acceptors (Lipinski definition) is 6. The molecule has 2 aromatic heterocycles. The first-order valence-corrected chi connectivity index (χ1v) is 5.06. The van der Waals surface area contributed by atoms with Gasteiger partial charge < -0.3 is 4.98 Å². The first kappa shape index (κ1) is 10.8. The van der Waals surface area contributed by atoms with Crippen molar-refractivity contribution in [3.8, 4) is 6.07 Å². The second kappa shape index (κ2) is 3.61. The number of benzene rings is 1. The third kappa shape index (κ3) is 1.44. The molecule has 1 aromatic carbocycles. The van der Waals surface area contributed by atoms with Crippen molar-refractivity contribution in [3.05, 3.63) is 44.6 Å². The minimum absolute atomic E-state index is 0.102. The monoisotopic (exact) mass is 256 g/mol. The van der Waals surface area contributed by atoms with E-state index in [1.807, 2.05) is 0 Å². The highest BCUT2D eigenvalue weighted by Crippen LogP contribution is 2.25. The summed E-state index contributed by atoms with van der Waals surface area (Å²) >= 11 is 0. The van der Waals surface area contributed by atoms with E-state index in [2.05, 4.69) is 15.1 Å².